The largest absolute Gasteiger partial charge is 0.489 e. The van der Waals surface area contributed by atoms with Crippen LogP contribution in [0.5, 0.6) is 5.75 Å². The minimum atomic E-state index is -0.740. The van der Waals surface area contributed by atoms with E-state index in [0.29, 0.717) is 19.6 Å². The van der Waals surface area contributed by atoms with E-state index in [0.717, 1.165) is 42.9 Å². The highest BCUT2D eigenvalue weighted by molar-refractivity contribution is 5.91. The molecule has 0 aliphatic carbocycles. The lowest BCUT2D eigenvalue weighted by Gasteiger charge is -2.20. The summed E-state index contributed by atoms with van der Waals surface area (Å²) in [6.07, 6.45) is 5.27. The topological polar surface area (TPSA) is 114 Å². The molecule has 2 aromatic carbocycles. The Hall–Kier alpha value is -3.39. The van der Waals surface area contributed by atoms with Crippen LogP contribution in [0.15, 0.2) is 54.6 Å². The predicted octanol–water partition coefficient (Wildman–Crippen LogP) is 2.61. The van der Waals surface area contributed by atoms with Crippen molar-refractivity contribution in [2.24, 2.45) is 11.7 Å². The lowest BCUT2D eigenvalue weighted by molar-refractivity contribution is -0.127. The molecule has 1 aliphatic rings. The van der Waals surface area contributed by atoms with Crippen LogP contribution < -0.4 is 21.1 Å². The molecule has 8 heteroatoms. The Morgan fingerprint density at radius 2 is 1.73 bits per heavy atom. The highest BCUT2D eigenvalue weighted by Crippen LogP contribution is 2.16. The molecule has 0 spiro atoms. The molecule has 3 amide bonds. The maximum atomic E-state index is 13.0. The lowest BCUT2D eigenvalue weighted by Crippen LogP contribution is -2.48. The number of hydrogen-bond acceptors (Lipinski definition) is 5. The number of nitrogens with zero attached hydrogens (tertiary/aromatic N) is 1. The molecule has 0 aromatic heterocycles. The minimum absolute atomic E-state index is 0.221. The van der Waals surface area contributed by atoms with Crippen molar-refractivity contribution in [1.29, 1.82) is 0 Å². The zero-order valence-electron chi connectivity index (χ0n) is 21.7. The number of rotatable bonds is 15. The van der Waals surface area contributed by atoms with Gasteiger partial charge in [-0.1, -0.05) is 49.4 Å². The van der Waals surface area contributed by atoms with Crippen LogP contribution in [0.2, 0.25) is 0 Å². The molecule has 1 heterocycles. The van der Waals surface area contributed by atoms with E-state index in [9.17, 15) is 14.4 Å². The van der Waals surface area contributed by atoms with Crippen LogP contribution in [0.3, 0.4) is 0 Å². The molecule has 1 aliphatic heterocycles. The molecule has 1 saturated heterocycles. The van der Waals surface area contributed by atoms with Gasteiger partial charge in [0.15, 0.2) is 0 Å². The van der Waals surface area contributed by atoms with Gasteiger partial charge < -0.3 is 26.0 Å². The Morgan fingerprint density at radius 1 is 1.03 bits per heavy atom. The molecular weight excluding hydrogens is 468 g/mol. The summed E-state index contributed by atoms with van der Waals surface area (Å²) in [6, 6.07) is 16.7. The summed E-state index contributed by atoms with van der Waals surface area (Å²) in [6.45, 7) is 5.89. The normalized spacial score (nSPS) is 15.1. The fraction of sp³-hybridized carbons (Fsp3) is 0.448. The number of hydrogen-bond donors (Lipinski definition) is 3. The Kier molecular flexibility index (Phi) is 11.4. The number of nitrogens with one attached hydrogen (secondary N) is 2. The van der Waals surface area contributed by atoms with Crippen molar-refractivity contribution in [3.63, 3.8) is 0 Å². The summed E-state index contributed by atoms with van der Waals surface area (Å²) >= 11 is 0. The van der Waals surface area contributed by atoms with Crippen molar-refractivity contribution in [3.05, 3.63) is 72.1 Å². The summed E-state index contributed by atoms with van der Waals surface area (Å²) in [5, 5.41) is 5.77. The number of nitrogens with two attached hydrogens (primary N) is 1. The van der Waals surface area contributed by atoms with Gasteiger partial charge in [0, 0.05) is 18.9 Å². The van der Waals surface area contributed by atoms with Gasteiger partial charge in [-0.2, -0.15) is 0 Å². The second-order valence-electron chi connectivity index (χ2n) is 9.62. The third kappa shape index (κ3) is 10.2. The van der Waals surface area contributed by atoms with Gasteiger partial charge in [-0.3, -0.25) is 14.4 Å². The van der Waals surface area contributed by atoms with Crippen LogP contribution in [-0.2, 0) is 27.4 Å². The number of ether oxygens (including phenoxy) is 1. The molecule has 4 N–H and O–H groups in total. The average Bonchev–Trinajstić information content (AvgIpc) is 3.43. The van der Waals surface area contributed by atoms with Crippen LogP contribution in [-0.4, -0.2) is 54.8 Å². The molecule has 199 valence electrons. The Bertz CT molecular complexity index is 991. The van der Waals surface area contributed by atoms with Gasteiger partial charge in [0.2, 0.25) is 17.7 Å². The van der Waals surface area contributed by atoms with Gasteiger partial charge in [0.05, 0.1) is 6.42 Å². The van der Waals surface area contributed by atoms with Gasteiger partial charge in [-0.05, 0) is 68.6 Å². The first-order valence-corrected chi connectivity index (χ1v) is 13.1. The third-order valence-electron chi connectivity index (χ3n) is 6.54. The maximum Gasteiger partial charge on any atom is 0.242 e. The summed E-state index contributed by atoms with van der Waals surface area (Å²) < 4.78 is 5.85. The number of carbonyl (C=O) groups excluding carboxylic acids is 3. The van der Waals surface area contributed by atoms with Crippen LogP contribution in [0, 0.1) is 12.3 Å². The first-order chi connectivity index (χ1) is 17.9. The number of amides is 3. The summed E-state index contributed by atoms with van der Waals surface area (Å²) in [7, 11) is 0. The fourth-order valence-electron chi connectivity index (χ4n) is 4.18. The smallest absolute Gasteiger partial charge is 0.242 e. The highest BCUT2D eigenvalue weighted by atomic mass is 16.5. The van der Waals surface area contributed by atoms with Crippen molar-refractivity contribution >= 4 is 17.7 Å². The molecule has 2 atom stereocenters. The number of carbonyl (C=O) groups is 3. The van der Waals surface area contributed by atoms with Crippen LogP contribution in [0.4, 0.5) is 0 Å². The Morgan fingerprint density at radius 3 is 2.41 bits per heavy atom. The van der Waals surface area contributed by atoms with Gasteiger partial charge in [-0.15, -0.1) is 0 Å². The molecule has 8 nitrogen and oxygen atoms in total. The Balaban J connectivity index is 1.54. The molecule has 37 heavy (non-hydrogen) atoms. The number of likely N-dealkylation sites (tertiary alicyclic amines) is 1. The standard InChI is InChI=1S/C29H39N4O4/c1-22(28(30)35)10-15-27(34)32-26(29(36)31-16-7-19-33-17-5-6-18-33)20-23-11-13-25(14-12-23)37-21-24-8-3-2-4-9-24/h2-4,8-9,11-15,22,26H,5-7,10,16-21H2,1H3,(H2,30,35)(H,31,36)(H,32,34). The van der Waals surface area contributed by atoms with Crippen LogP contribution in [0.1, 0.15) is 43.7 Å². The van der Waals surface area contributed by atoms with Crippen molar-refractivity contribution in [3.8, 4) is 5.75 Å². The van der Waals surface area contributed by atoms with Crippen molar-refractivity contribution in [1.82, 2.24) is 15.5 Å². The summed E-state index contributed by atoms with van der Waals surface area (Å²) in [5.41, 5.74) is 7.26. The molecule has 1 fully saturated rings. The maximum absolute atomic E-state index is 13.0. The van der Waals surface area contributed by atoms with Crippen molar-refractivity contribution < 1.29 is 19.1 Å². The Labute approximate surface area is 219 Å². The summed E-state index contributed by atoms with van der Waals surface area (Å²) in [4.78, 5) is 39.2. The second kappa shape index (κ2) is 15.0. The molecule has 2 aromatic rings. The van der Waals surface area contributed by atoms with E-state index < -0.39 is 23.8 Å². The fourth-order valence-corrected chi connectivity index (χ4v) is 4.18. The zero-order valence-corrected chi connectivity index (χ0v) is 21.7. The molecular formula is C29H39N4O4. The predicted molar refractivity (Wildman–Crippen MR) is 143 cm³/mol. The first kappa shape index (κ1) is 28.2. The molecule has 2 unspecified atom stereocenters. The molecule has 3 rings (SSSR count). The van der Waals surface area contributed by atoms with E-state index in [2.05, 4.69) is 15.5 Å². The first-order valence-electron chi connectivity index (χ1n) is 13.1. The summed E-state index contributed by atoms with van der Waals surface area (Å²) in [5.74, 6) is -0.810. The minimum Gasteiger partial charge on any atom is -0.489 e. The third-order valence-corrected chi connectivity index (χ3v) is 6.54. The quantitative estimate of drug-likeness (QED) is 0.321. The van der Waals surface area contributed by atoms with E-state index in [1.54, 1.807) is 6.92 Å². The zero-order chi connectivity index (χ0) is 26.5. The van der Waals surface area contributed by atoms with Gasteiger partial charge in [0.1, 0.15) is 18.4 Å². The molecule has 1 radical (unpaired) electrons. The van der Waals surface area contributed by atoms with E-state index >= 15 is 0 Å². The van der Waals surface area contributed by atoms with Gasteiger partial charge in [-0.25, -0.2) is 0 Å². The van der Waals surface area contributed by atoms with E-state index in [-0.39, 0.29) is 12.3 Å². The number of primary amides is 1. The van der Waals surface area contributed by atoms with Crippen molar-refractivity contribution in [2.75, 3.05) is 26.2 Å². The van der Waals surface area contributed by atoms with Gasteiger partial charge >= 0.3 is 0 Å². The van der Waals surface area contributed by atoms with E-state index in [1.807, 2.05) is 54.6 Å². The van der Waals surface area contributed by atoms with Crippen LogP contribution >= 0.6 is 0 Å². The molecule has 0 bridgehead atoms. The highest BCUT2D eigenvalue weighted by Gasteiger charge is 2.22. The SMILES string of the molecule is CC(C[CH]C(=O)NC(Cc1ccc(OCc2ccccc2)cc1)C(=O)NCCCN1CCCC1)C(N)=O. The van der Waals surface area contributed by atoms with E-state index in [4.69, 9.17) is 10.5 Å². The monoisotopic (exact) mass is 507 g/mol. The molecule has 0 saturated carbocycles. The van der Waals surface area contributed by atoms with Crippen LogP contribution in [0.25, 0.3) is 0 Å². The lowest BCUT2D eigenvalue weighted by atomic mass is 10.0. The van der Waals surface area contributed by atoms with Crippen molar-refractivity contribution in [2.45, 2.75) is 51.7 Å². The second-order valence-corrected chi connectivity index (χ2v) is 9.62. The average molecular weight is 508 g/mol. The number of benzene rings is 2. The van der Waals surface area contributed by atoms with Gasteiger partial charge in [0.25, 0.3) is 0 Å². The van der Waals surface area contributed by atoms with E-state index in [1.165, 1.54) is 19.3 Å².